The van der Waals surface area contributed by atoms with E-state index in [4.69, 9.17) is 21.7 Å². The average molecular weight is 290 g/mol. The van der Waals surface area contributed by atoms with Crippen LogP contribution in [0.5, 0.6) is 0 Å². The third-order valence-electron chi connectivity index (χ3n) is 2.23. The predicted molar refractivity (Wildman–Crippen MR) is 67.7 cm³/mol. The molecule has 20 heavy (non-hydrogen) atoms. The molecule has 0 fully saturated rings. The van der Waals surface area contributed by atoms with Crippen LogP contribution in [-0.2, 0) is 14.4 Å². The maximum atomic E-state index is 11.4. The van der Waals surface area contributed by atoms with Gasteiger partial charge >= 0.3 is 11.9 Å². The van der Waals surface area contributed by atoms with Gasteiger partial charge in [-0.05, 0) is 12.8 Å². The molecule has 0 aliphatic heterocycles. The summed E-state index contributed by atoms with van der Waals surface area (Å²) < 4.78 is 0. The minimum atomic E-state index is -1.80. The van der Waals surface area contributed by atoms with Crippen molar-refractivity contribution in [2.75, 3.05) is 6.54 Å². The molecule has 10 heteroatoms. The lowest BCUT2D eigenvalue weighted by Crippen LogP contribution is -2.46. The molecule has 0 aromatic carbocycles. The molecule has 0 bridgehead atoms. The molecule has 0 spiro atoms. The van der Waals surface area contributed by atoms with E-state index in [-0.39, 0.29) is 18.9 Å². The van der Waals surface area contributed by atoms with Crippen LogP contribution < -0.4 is 16.8 Å². The number of hydrogen-bond donors (Lipinski definition) is 6. The fourth-order valence-corrected chi connectivity index (χ4v) is 1.29. The van der Waals surface area contributed by atoms with Crippen molar-refractivity contribution in [2.24, 2.45) is 16.5 Å². The number of amides is 1. The maximum absolute atomic E-state index is 11.4. The number of aliphatic hydroxyl groups excluding tert-OH is 1. The summed E-state index contributed by atoms with van der Waals surface area (Å²) in [6.07, 6.45) is -2.26. The van der Waals surface area contributed by atoms with Gasteiger partial charge in [0.25, 0.3) is 0 Å². The van der Waals surface area contributed by atoms with Crippen LogP contribution in [0.15, 0.2) is 4.99 Å². The van der Waals surface area contributed by atoms with Crippen molar-refractivity contribution in [1.82, 2.24) is 5.32 Å². The Balaban J connectivity index is 4.33. The number of carboxylic acid groups (broad SMARTS) is 2. The summed E-state index contributed by atoms with van der Waals surface area (Å²) in [4.78, 5) is 36.3. The number of carbonyl (C=O) groups is 3. The molecule has 0 saturated heterocycles. The molecule has 114 valence electrons. The third-order valence-corrected chi connectivity index (χ3v) is 2.23. The largest absolute Gasteiger partial charge is 0.481 e. The second-order valence-electron chi connectivity index (χ2n) is 3.96. The normalized spacial score (nSPS) is 13.1. The van der Waals surface area contributed by atoms with Crippen LogP contribution in [0, 0.1) is 0 Å². The lowest BCUT2D eigenvalue weighted by atomic mass is 10.1. The zero-order valence-corrected chi connectivity index (χ0v) is 10.7. The van der Waals surface area contributed by atoms with Crippen molar-refractivity contribution in [3.05, 3.63) is 0 Å². The minimum absolute atomic E-state index is 0.0393. The van der Waals surface area contributed by atoms with E-state index >= 15 is 0 Å². The molecule has 0 radical (unpaired) electrons. The topological polar surface area (TPSA) is 188 Å². The van der Waals surface area contributed by atoms with Gasteiger partial charge < -0.3 is 32.1 Å². The average Bonchev–Trinajstić information content (AvgIpc) is 2.31. The third kappa shape index (κ3) is 7.87. The number of aliphatic hydroxyl groups is 1. The standard InChI is InChI=1S/C10H18N4O6/c11-10(12)13-3-1-2-5(9(19)20)14-8(18)6(15)4-7(16)17/h5-6,15H,1-4H2,(H,14,18)(H,16,17)(H,19,20)(H4,11,12,13)/t5-,6-/m1/s1. The second kappa shape index (κ2) is 8.69. The van der Waals surface area contributed by atoms with E-state index in [9.17, 15) is 19.5 Å². The lowest BCUT2D eigenvalue weighted by Gasteiger charge is -2.16. The fraction of sp³-hybridized carbons (Fsp3) is 0.600. The number of aliphatic carboxylic acids is 2. The van der Waals surface area contributed by atoms with Gasteiger partial charge in [0.1, 0.15) is 12.1 Å². The molecule has 0 heterocycles. The van der Waals surface area contributed by atoms with Gasteiger partial charge in [0.2, 0.25) is 5.91 Å². The lowest BCUT2D eigenvalue weighted by molar-refractivity contribution is -0.146. The zero-order chi connectivity index (χ0) is 15.7. The highest BCUT2D eigenvalue weighted by molar-refractivity contribution is 5.88. The minimum Gasteiger partial charge on any atom is -0.481 e. The quantitative estimate of drug-likeness (QED) is 0.152. The molecule has 1 amide bonds. The van der Waals surface area contributed by atoms with Crippen LogP contribution in [0.4, 0.5) is 0 Å². The van der Waals surface area contributed by atoms with E-state index in [1.165, 1.54) is 0 Å². The Kier molecular flexibility index (Phi) is 7.67. The Morgan fingerprint density at radius 2 is 1.80 bits per heavy atom. The summed E-state index contributed by atoms with van der Waals surface area (Å²) in [5.41, 5.74) is 10.2. The number of guanidine groups is 1. The summed E-state index contributed by atoms with van der Waals surface area (Å²) >= 11 is 0. The molecular weight excluding hydrogens is 272 g/mol. The van der Waals surface area contributed by atoms with Crippen LogP contribution in [0.2, 0.25) is 0 Å². The number of nitrogens with one attached hydrogen (secondary N) is 1. The first kappa shape index (κ1) is 17.6. The number of rotatable bonds is 9. The van der Waals surface area contributed by atoms with Gasteiger partial charge in [-0.3, -0.25) is 14.6 Å². The first-order valence-electron chi connectivity index (χ1n) is 5.72. The molecule has 10 nitrogen and oxygen atoms in total. The van der Waals surface area contributed by atoms with Gasteiger partial charge in [-0.15, -0.1) is 0 Å². The van der Waals surface area contributed by atoms with Gasteiger partial charge in [0, 0.05) is 6.54 Å². The van der Waals surface area contributed by atoms with Gasteiger partial charge in [0.15, 0.2) is 5.96 Å². The first-order valence-corrected chi connectivity index (χ1v) is 5.72. The molecule has 0 aliphatic rings. The maximum Gasteiger partial charge on any atom is 0.326 e. The molecule has 8 N–H and O–H groups in total. The highest BCUT2D eigenvalue weighted by Crippen LogP contribution is 2.01. The smallest absolute Gasteiger partial charge is 0.326 e. The SMILES string of the molecule is NC(N)=NCCC[C@@H](NC(=O)[C@H](O)CC(=O)O)C(=O)O. The second-order valence-corrected chi connectivity index (χ2v) is 3.96. The van der Waals surface area contributed by atoms with Gasteiger partial charge in [-0.1, -0.05) is 0 Å². The molecule has 0 aliphatic carbocycles. The van der Waals surface area contributed by atoms with Crippen molar-refractivity contribution in [3.8, 4) is 0 Å². The first-order chi connectivity index (χ1) is 9.23. The van der Waals surface area contributed by atoms with Crippen molar-refractivity contribution in [3.63, 3.8) is 0 Å². The summed E-state index contributed by atoms with van der Waals surface area (Å²) in [5, 5.41) is 28.6. The van der Waals surface area contributed by atoms with Crippen LogP contribution in [0.25, 0.3) is 0 Å². The molecule has 0 saturated carbocycles. The van der Waals surface area contributed by atoms with Gasteiger partial charge in [-0.2, -0.15) is 0 Å². The predicted octanol–water partition coefficient (Wildman–Crippen LogP) is -2.55. The van der Waals surface area contributed by atoms with Crippen molar-refractivity contribution >= 4 is 23.8 Å². The molecular formula is C10H18N4O6. The Hall–Kier alpha value is -2.36. The summed E-state index contributed by atoms with van der Waals surface area (Å²) in [6.45, 7) is 0.194. The van der Waals surface area contributed by atoms with E-state index in [2.05, 4.69) is 4.99 Å². The molecule has 0 rings (SSSR count). The van der Waals surface area contributed by atoms with E-state index in [0.29, 0.717) is 6.42 Å². The van der Waals surface area contributed by atoms with Crippen LogP contribution >= 0.6 is 0 Å². The van der Waals surface area contributed by atoms with Crippen LogP contribution in [-0.4, -0.2) is 57.8 Å². The van der Waals surface area contributed by atoms with Crippen molar-refractivity contribution < 1.29 is 29.7 Å². The summed E-state index contributed by atoms with van der Waals surface area (Å²) in [5.74, 6) is -3.85. The number of nitrogens with zero attached hydrogens (tertiary/aromatic N) is 1. The molecule has 2 atom stereocenters. The van der Waals surface area contributed by atoms with E-state index in [1.54, 1.807) is 0 Å². The van der Waals surface area contributed by atoms with E-state index < -0.39 is 36.4 Å². The highest BCUT2D eigenvalue weighted by atomic mass is 16.4. The summed E-state index contributed by atoms with van der Waals surface area (Å²) in [6, 6.07) is -1.25. The number of nitrogens with two attached hydrogens (primary N) is 2. The monoisotopic (exact) mass is 290 g/mol. The van der Waals surface area contributed by atoms with Crippen LogP contribution in [0.3, 0.4) is 0 Å². The Bertz CT molecular complexity index is 393. The highest BCUT2D eigenvalue weighted by Gasteiger charge is 2.24. The van der Waals surface area contributed by atoms with Crippen molar-refractivity contribution in [1.29, 1.82) is 0 Å². The number of carboxylic acids is 2. The molecule has 0 unspecified atom stereocenters. The zero-order valence-electron chi connectivity index (χ0n) is 10.7. The number of aliphatic imine (C=N–C) groups is 1. The Labute approximate surface area is 114 Å². The number of carbonyl (C=O) groups excluding carboxylic acids is 1. The van der Waals surface area contributed by atoms with E-state index in [0.717, 1.165) is 0 Å². The fourth-order valence-electron chi connectivity index (χ4n) is 1.29. The molecule has 0 aromatic rings. The van der Waals surface area contributed by atoms with Gasteiger partial charge in [-0.25, -0.2) is 4.79 Å². The van der Waals surface area contributed by atoms with E-state index in [1.807, 2.05) is 5.32 Å². The van der Waals surface area contributed by atoms with Crippen LogP contribution in [0.1, 0.15) is 19.3 Å². The Morgan fingerprint density at radius 3 is 2.25 bits per heavy atom. The number of hydrogen-bond acceptors (Lipinski definition) is 5. The molecule has 0 aromatic heterocycles. The van der Waals surface area contributed by atoms with Crippen molar-refractivity contribution in [2.45, 2.75) is 31.4 Å². The Morgan fingerprint density at radius 1 is 1.20 bits per heavy atom. The van der Waals surface area contributed by atoms with Gasteiger partial charge in [0.05, 0.1) is 6.42 Å². The summed E-state index contributed by atoms with van der Waals surface area (Å²) in [7, 11) is 0.